The smallest absolute Gasteiger partial charge is 0.267 e. The maximum absolute atomic E-state index is 12.1. The molecule has 0 radical (unpaired) electrons. The van der Waals surface area contributed by atoms with Gasteiger partial charge in [-0.15, -0.1) is 0 Å². The van der Waals surface area contributed by atoms with Gasteiger partial charge < -0.3 is 0 Å². The lowest BCUT2D eigenvalue weighted by molar-refractivity contribution is 0.0518. The first-order chi connectivity index (χ1) is 9.68. The van der Waals surface area contributed by atoms with Crippen LogP contribution >= 0.6 is 0 Å². The van der Waals surface area contributed by atoms with Gasteiger partial charge >= 0.3 is 0 Å². The minimum atomic E-state index is -0.519. The number of carbonyl (C=O) groups is 3. The Kier molecular flexibility index (Phi) is 2.80. The fourth-order valence-electron chi connectivity index (χ4n) is 2.05. The third kappa shape index (κ3) is 1.85. The molecule has 0 aromatic heterocycles. The second-order valence-electron chi connectivity index (χ2n) is 4.30. The van der Waals surface area contributed by atoms with Crippen molar-refractivity contribution in [3.05, 3.63) is 71.3 Å². The summed E-state index contributed by atoms with van der Waals surface area (Å²) in [6.07, 6.45) is 0. The van der Waals surface area contributed by atoms with E-state index in [1.165, 1.54) is 0 Å². The molecule has 1 heterocycles. The second-order valence-corrected chi connectivity index (χ2v) is 4.30. The van der Waals surface area contributed by atoms with Gasteiger partial charge in [-0.3, -0.25) is 19.8 Å². The molecular weight excluding hydrogens is 257 g/mol. The molecule has 3 amide bonds. The fourth-order valence-corrected chi connectivity index (χ4v) is 2.05. The molecule has 1 aliphatic rings. The Labute approximate surface area is 114 Å². The number of nitrogens with zero attached hydrogens (tertiary/aromatic N) is 1. The van der Waals surface area contributed by atoms with Crippen molar-refractivity contribution < 1.29 is 14.4 Å². The van der Waals surface area contributed by atoms with Crippen molar-refractivity contribution in [1.82, 2.24) is 10.4 Å². The highest BCUT2D eigenvalue weighted by Gasteiger charge is 2.36. The summed E-state index contributed by atoms with van der Waals surface area (Å²) in [5, 5.41) is 0.750. The van der Waals surface area contributed by atoms with E-state index < -0.39 is 17.7 Å². The van der Waals surface area contributed by atoms with Gasteiger partial charge in [-0.25, -0.2) is 0 Å². The molecule has 5 nitrogen and oxygen atoms in total. The number of hydrogen-bond donors (Lipinski definition) is 1. The number of carbonyl (C=O) groups excluding carboxylic acids is 3. The van der Waals surface area contributed by atoms with Crippen LogP contribution in [-0.2, 0) is 0 Å². The van der Waals surface area contributed by atoms with E-state index in [0.29, 0.717) is 16.7 Å². The minimum Gasteiger partial charge on any atom is -0.267 e. The highest BCUT2D eigenvalue weighted by atomic mass is 16.3. The largest absolute Gasteiger partial charge is 0.280 e. The van der Waals surface area contributed by atoms with E-state index in [1.54, 1.807) is 54.6 Å². The van der Waals surface area contributed by atoms with Crippen molar-refractivity contribution in [2.75, 3.05) is 0 Å². The molecule has 98 valence electrons. The number of nitrogens with one attached hydrogen (secondary N) is 1. The summed E-state index contributed by atoms with van der Waals surface area (Å²) >= 11 is 0. The van der Waals surface area contributed by atoms with Crippen molar-refractivity contribution in [3.63, 3.8) is 0 Å². The van der Waals surface area contributed by atoms with Crippen molar-refractivity contribution in [1.29, 1.82) is 0 Å². The van der Waals surface area contributed by atoms with Gasteiger partial charge in [0.1, 0.15) is 0 Å². The maximum atomic E-state index is 12.1. The van der Waals surface area contributed by atoms with Crippen LogP contribution in [0.2, 0.25) is 0 Å². The van der Waals surface area contributed by atoms with Gasteiger partial charge in [0.25, 0.3) is 17.7 Å². The predicted molar refractivity (Wildman–Crippen MR) is 70.9 cm³/mol. The first kappa shape index (κ1) is 12.1. The molecule has 0 aliphatic carbocycles. The van der Waals surface area contributed by atoms with Gasteiger partial charge in [-0.2, -0.15) is 5.01 Å². The van der Waals surface area contributed by atoms with Crippen LogP contribution in [0.5, 0.6) is 0 Å². The SMILES string of the molecule is O=C(N[15N]1C(=O)c2ccccc2C1=O)c1ccccc1. The van der Waals surface area contributed by atoms with Crippen LogP contribution in [0.15, 0.2) is 54.6 Å². The summed E-state index contributed by atoms with van der Waals surface area (Å²) < 4.78 is 0. The van der Waals surface area contributed by atoms with E-state index in [-0.39, 0.29) is 0 Å². The maximum Gasteiger partial charge on any atom is 0.280 e. The summed E-state index contributed by atoms with van der Waals surface area (Å²) in [5.41, 5.74) is 3.31. The van der Waals surface area contributed by atoms with E-state index >= 15 is 0 Å². The molecule has 0 fully saturated rings. The third-order valence-electron chi connectivity index (χ3n) is 3.04. The Hall–Kier alpha value is -2.95. The Morgan fingerprint density at radius 2 is 1.30 bits per heavy atom. The van der Waals surface area contributed by atoms with Gasteiger partial charge in [0, 0.05) is 5.56 Å². The molecule has 2 aromatic carbocycles. The minimum absolute atomic E-state index is 0.297. The number of rotatable bonds is 2. The normalized spacial score (nSPS) is 13.3. The molecule has 20 heavy (non-hydrogen) atoms. The number of hydrazine groups is 1. The summed E-state index contributed by atoms with van der Waals surface area (Å²) in [5.74, 6) is -1.54. The van der Waals surface area contributed by atoms with E-state index in [9.17, 15) is 14.4 Å². The first-order valence-corrected chi connectivity index (χ1v) is 6.02. The van der Waals surface area contributed by atoms with E-state index in [2.05, 4.69) is 5.43 Å². The van der Waals surface area contributed by atoms with Gasteiger partial charge in [-0.1, -0.05) is 30.3 Å². The van der Waals surface area contributed by atoms with E-state index in [1.807, 2.05) is 0 Å². The monoisotopic (exact) mass is 267 g/mol. The summed E-state index contributed by atoms with van der Waals surface area (Å²) in [4.78, 5) is 36.1. The highest BCUT2D eigenvalue weighted by molar-refractivity contribution is 6.22. The van der Waals surface area contributed by atoms with Crippen molar-refractivity contribution in [2.45, 2.75) is 0 Å². The molecule has 0 saturated carbocycles. The molecular formula is C15H10N2O3. The average Bonchev–Trinajstić information content (AvgIpc) is 2.74. The zero-order chi connectivity index (χ0) is 14.1. The summed E-state index contributed by atoms with van der Waals surface area (Å²) in [7, 11) is 0. The van der Waals surface area contributed by atoms with Crippen molar-refractivity contribution in [3.8, 4) is 0 Å². The van der Waals surface area contributed by atoms with Crippen LogP contribution in [0.1, 0.15) is 31.1 Å². The highest BCUT2D eigenvalue weighted by Crippen LogP contribution is 2.20. The number of amides is 3. The Balaban J connectivity index is 1.86. The fraction of sp³-hybridized carbons (Fsp3) is 0. The van der Waals surface area contributed by atoms with Crippen LogP contribution in [0, 0.1) is 0 Å². The molecule has 1 aliphatic heterocycles. The lowest BCUT2D eigenvalue weighted by atomic mass is 10.1. The van der Waals surface area contributed by atoms with Crippen LogP contribution < -0.4 is 5.43 Å². The number of imide groups is 1. The van der Waals surface area contributed by atoms with Gasteiger partial charge in [0.15, 0.2) is 0 Å². The average molecular weight is 267 g/mol. The first-order valence-electron chi connectivity index (χ1n) is 6.02. The number of benzene rings is 2. The molecule has 0 saturated heterocycles. The number of hydrogen-bond acceptors (Lipinski definition) is 3. The Morgan fingerprint density at radius 3 is 1.85 bits per heavy atom. The van der Waals surface area contributed by atoms with Crippen LogP contribution in [0.25, 0.3) is 0 Å². The molecule has 1 N–H and O–H groups in total. The predicted octanol–water partition coefficient (Wildman–Crippen LogP) is 1.63. The number of fused-ring (bicyclic) bond motifs is 1. The second kappa shape index (κ2) is 4.62. The third-order valence-corrected chi connectivity index (χ3v) is 3.04. The topological polar surface area (TPSA) is 66.5 Å². The standard InChI is InChI=1S/C15H10N2O3/c18-13(10-6-2-1-3-7-10)16-17-14(19)11-8-4-5-9-12(11)15(17)20/h1-9H,(H,16,18)/i17+1. The zero-order valence-corrected chi connectivity index (χ0v) is 10.4. The summed E-state index contributed by atoms with van der Waals surface area (Å²) in [6, 6.07) is 14.9. The van der Waals surface area contributed by atoms with Gasteiger partial charge in [0.2, 0.25) is 0 Å². The zero-order valence-electron chi connectivity index (χ0n) is 10.4. The summed E-state index contributed by atoms with van der Waals surface area (Å²) in [6.45, 7) is 0. The molecule has 2 aromatic rings. The van der Waals surface area contributed by atoms with Crippen LogP contribution in [0.4, 0.5) is 0 Å². The van der Waals surface area contributed by atoms with Gasteiger partial charge in [0.05, 0.1) is 11.1 Å². The Bertz CT molecular complexity index is 675. The molecule has 0 unspecified atom stereocenters. The molecule has 0 bridgehead atoms. The van der Waals surface area contributed by atoms with Crippen LogP contribution in [-0.4, -0.2) is 22.7 Å². The quantitative estimate of drug-likeness (QED) is 0.664. The lowest BCUT2D eigenvalue weighted by Gasteiger charge is -2.14. The molecule has 0 atom stereocenters. The lowest BCUT2D eigenvalue weighted by Crippen LogP contribution is -2.45. The van der Waals surface area contributed by atoms with Crippen molar-refractivity contribution in [2.24, 2.45) is 0 Å². The van der Waals surface area contributed by atoms with Crippen LogP contribution in [0.3, 0.4) is 0 Å². The van der Waals surface area contributed by atoms with E-state index in [4.69, 9.17) is 0 Å². The van der Waals surface area contributed by atoms with Gasteiger partial charge in [-0.05, 0) is 24.3 Å². The van der Waals surface area contributed by atoms with Crippen molar-refractivity contribution >= 4 is 17.7 Å². The molecule has 3 rings (SSSR count). The molecule has 0 spiro atoms. The molecule has 5 heteroatoms. The van der Waals surface area contributed by atoms with E-state index in [0.717, 1.165) is 5.01 Å². The Morgan fingerprint density at radius 1 is 0.800 bits per heavy atom.